The van der Waals surface area contributed by atoms with Crippen molar-refractivity contribution in [2.75, 3.05) is 10.5 Å². The first kappa shape index (κ1) is 23.3. The van der Waals surface area contributed by atoms with Gasteiger partial charge in [-0.15, -0.1) is 17.5 Å². The third-order valence-electron chi connectivity index (χ3n) is 4.36. The van der Waals surface area contributed by atoms with E-state index in [1.165, 1.54) is 35.1 Å². The number of nitrogens with one attached hydrogen (secondary N) is 1. The highest BCUT2D eigenvalue weighted by Crippen LogP contribution is 2.33. The number of hydrogen-bond acceptors (Lipinski definition) is 6. The van der Waals surface area contributed by atoms with Gasteiger partial charge in [-0.25, -0.2) is 12.9 Å². The van der Waals surface area contributed by atoms with E-state index in [1.54, 1.807) is 18.3 Å². The highest BCUT2D eigenvalue weighted by Gasteiger charge is 2.34. The summed E-state index contributed by atoms with van der Waals surface area (Å²) in [4.78, 5) is 8.04. The number of halogens is 4. The number of benzene rings is 1. The molecule has 0 bridgehead atoms. The van der Waals surface area contributed by atoms with Crippen molar-refractivity contribution in [1.82, 2.24) is 19.6 Å². The van der Waals surface area contributed by atoms with Crippen LogP contribution in [0.2, 0.25) is 0 Å². The van der Waals surface area contributed by atoms with E-state index in [9.17, 15) is 21.6 Å². The second-order valence-electron chi connectivity index (χ2n) is 6.67. The van der Waals surface area contributed by atoms with Gasteiger partial charge >= 0.3 is 6.18 Å². The van der Waals surface area contributed by atoms with Crippen LogP contribution in [0.4, 0.5) is 24.8 Å². The maximum absolute atomic E-state index is 13.2. The van der Waals surface area contributed by atoms with E-state index in [-0.39, 0.29) is 29.6 Å². The molecule has 0 aliphatic heterocycles. The Hall–Kier alpha value is -3.38. The first-order chi connectivity index (χ1) is 14.6. The second-order valence-corrected chi connectivity index (χ2v) is 8.39. The van der Waals surface area contributed by atoms with Gasteiger partial charge in [0, 0.05) is 23.5 Å². The largest absolute Gasteiger partial charge is 0.416 e. The molecular formula is C19H16ClF3N6O2S. The Morgan fingerprint density at radius 2 is 1.81 bits per heavy atom. The molecule has 0 saturated heterocycles. The molecule has 3 N–H and O–H groups in total. The highest BCUT2D eigenvalue weighted by atomic mass is 35.5. The average Bonchev–Trinajstić information content (AvgIpc) is 3.06. The summed E-state index contributed by atoms with van der Waals surface area (Å²) in [6.45, 7) is 0. The van der Waals surface area contributed by atoms with E-state index in [2.05, 4.69) is 19.8 Å². The van der Waals surface area contributed by atoms with Gasteiger partial charge in [0.05, 0.1) is 23.2 Å². The summed E-state index contributed by atoms with van der Waals surface area (Å²) in [5.74, 6) is -0.729. The zero-order valence-electron chi connectivity index (χ0n) is 16.1. The summed E-state index contributed by atoms with van der Waals surface area (Å²) < 4.78 is 68.3. The molecule has 0 unspecified atom stereocenters. The van der Waals surface area contributed by atoms with Crippen molar-refractivity contribution in [3.63, 3.8) is 0 Å². The quantitative estimate of drug-likeness (QED) is 0.445. The number of aromatic nitrogens is 4. The van der Waals surface area contributed by atoms with Crippen molar-refractivity contribution in [2.24, 2.45) is 0 Å². The van der Waals surface area contributed by atoms with Crippen molar-refractivity contribution in [3.8, 4) is 11.1 Å². The number of pyridine rings is 2. The smallest absolute Gasteiger partial charge is 0.366 e. The normalized spacial score (nSPS) is 11.8. The summed E-state index contributed by atoms with van der Waals surface area (Å²) in [7, 11) is -4.13. The van der Waals surface area contributed by atoms with E-state index < -0.39 is 27.5 Å². The van der Waals surface area contributed by atoms with E-state index >= 15 is 0 Å². The molecule has 0 saturated carbocycles. The standard InChI is InChI=1S/C19H15F3N6O2S.ClH/c20-19(21,22)16-4-2-1-3-13(16)11-31(29,30)27-15-7-14(8-24-9-15)12-5-6-17-25-18(23)26-28(17)10-12;/h1-10,27H,11H2,(H2,23,26);1H. The number of hydrogen-bond donors (Lipinski definition) is 2. The zero-order valence-corrected chi connectivity index (χ0v) is 17.7. The maximum Gasteiger partial charge on any atom is 0.416 e. The van der Waals surface area contributed by atoms with Crippen molar-refractivity contribution >= 4 is 39.7 Å². The molecule has 32 heavy (non-hydrogen) atoms. The molecule has 0 spiro atoms. The summed E-state index contributed by atoms with van der Waals surface area (Å²) in [6.07, 6.45) is -0.231. The molecular weight excluding hydrogens is 469 g/mol. The van der Waals surface area contributed by atoms with Crippen LogP contribution in [-0.4, -0.2) is 28.0 Å². The van der Waals surface area contributed by atoms with Gasteiger partial charge in [-0.2, -0.15) is 18.2 Å². The second kappa shape index (κ2) is 8.63. The Morgan fingerprint density at radius 3 is 2.56 bits per heavy atom. The Kier molecular flexibility index (Phi) is 6.28. The lowest BCUT2D eigenvalue weighted by molar-refractivity contribution is -0.138. The van der Waals surface area contributed by atoms with Gasteiger partial charge in [0.15, 0.2) is 5.65 Å². The molecule has 3 aromatic heterocycles. The van der Waals surface area contributed by atoms with Gasteiger partial charge < -0.3 is 5.73 Å². The molecule has 8 nitrogen and oxygen atoms in total. The SMILES string of the molecule is Cl.Nc1nc2ccc(-c3cncc(NS(=O)(=O)Cc4ccccc4C(F)(F)F)c3)cn2n1. The van der Waals surface area contributed by atoms with Gasteiger partial charge in [-0.05, 0) is 29.8 Å². The fraction of sp³-hybridized carbons (Fsp3) is 0.105. The first-order valence-electron chi connectivity index (χ1n) is 8.84. The van der Waals surface area contributed by atoms with Crippen LogP contribution in [0, 0.1) is 0 Å². The summed E-state index contributed by atoms with van der Waals surface area (Å²) >= 11 is 0. The number of rotatable bonds is 5. The van der Waals surface area contributed by atoms with E-state index in [1.807, 2.05) is 0 Å². The van der Waals surface area contributed by atoms with Gasteiger partial charge in [0.1, 0.15) is 0 Å². The lowest BCUT2D eigenvalue weighted by Gasteiger charge is -2.14. The molecule has 0 atom stereocenters. The fourth-order valence-corrected chi connectivity index (χ4v) is 4.27. The molecule has 0 aliphatic carbocycles. The number of nitrogens with zero attached hydrogens (tertiary/aromatic N) is 4. The third-order valence-corrected chi connectivity index (χ3v) is 5.60. The Morgan fingerprint density at radius 1 is 1.06 bits per heavy atom. The minimum Gasteiger partial charge on any atom is -0.366 e. The van der Waals surface area contributed by atoms with Crippen molar-refractivity contribution in [2.45, 2.75) is 11.9 Å². The van der Waals surface area contributed by atoms with Crippen molar-refractivity contribution in [3.05, 3.63) is 72.2 Å². The van der Waals surface area contributed by atoms with Gasteiger partial charge in [-0.3, -0.25) is 9.71 Å². The van der Waals surface area contributed by atoms with E-state index in [4.69, 9.17) is 5.73 Å². The van der Waals surface area contributed by atoms with Crippen molar-refractivity contribution in [1.29, 1.82) is 0 Å². The van der Waals surface area contributed by atoms with Gasteiger partial charge in [-0.1, -0.05) is 18.2 Å². The van der Waals surface area contributed by atoms with Crippen LogP contribution < -0.4 is 10.5 Å². The van der Waals surface area contributed by atoms with Crippen LogP contribution in [0.5, 0.6) is 0 Å². The molecule has 3 heterocycles. The van der Waals surface area contributed by atoms with Crippen LogP contribution in [0.15, 0.2) is 61.1 Å². The maximum atomic E-state index is 13.2. The molecule has 0 aliphatic rings. The van der Waals surface area contributed by atoms with Crippen LogP contribution in [-0.2, 0) is 22.0 Å². The number of sulfonamides is 1. The van der Waals surface area contributed by atoms with Crippen molar-refractivity contribution < 1.29 is 21.6 Å². The number of fused-ring (bicyclic) bond motifs is 1. The molecule has 0 fully saturated rings. The lowest BCUT2D eigenvalue weighted by atomic mass is 10.1. The van der Waals surface area contributed by atoms with Crippen LogP contribution >= 0.6 is 12.4 Å². The molecule has 1 aromatic carbocycles. The number of alkyl halides is 3. The zero-order chi connectivity index (χ0) is 22.2. The summed E-state index contributed by atoms with van der Waals surface area (Å²) in [5.41, 5.74) is 6.10. The van der Waals surface area contributed by atoms with Gasteiger partial charge in [0.2, 0.25) is 16.0 Å². The number of nitrogens with two attached hydrogens (primary N) is 1. The topological polar surface area (TPSA) is 115 Å². The minimum absolute atomic E-state index is 0. The van der Waals surface area contributed by atoms with Crippen LogP contribution in [0.3, 0.4) is 0 Å². The first-order valence-corrected chi connectivity index (χ1v) is 10.5. The Bertz CT molecular complexity index is 1380. The van der Waals surface area contributed by atoms with Crippen LogP contribution in [0.1, 0.15) is 11.1 Å². The number of nitrogen functional groups attached to an aromatic ring is 1. The summed E-state index contributed by atoms with van der Waals surface area (Å²) in [5, 5.41) is 4.02. The molecule has 4 rings (SSSR count). The van der Waals surface area contributed by atoms with E-state index in [0.29, 0.717) is 16.8 Å². The average molecular weight is 485 g/mol. The monoisotopic (exact) mass is 484 g/mol. The molecule has 13 heteroatoms. The van der Waals surface area contributed by atoms with Gasteiger partial charge in [0.25, 0.3) is 0 Å². The summed E-state index contributed by atoms with van der Waals surface area (Å²) in [6, 6.07) is 9.48. The predicted octanol–water partition coefficient (Wildman–Crippen LogP) is 3.76. The van der Waals surface area contributed by atoms with E-state index in [0.717, 1.165) is 12.1 Å². The third kappa shape index (κ3) is 5.08. The Balaban J connectivity index is 0.00000289. The minimum atomic E-state index is -4.66. The molecule has 168 valence electrons. The number of anilines is 2. The fourth-order valence-electron chi connectivity index (χ4n) is 3.07. The molecule has 0 radical (unpaired) electrons. The predicted molar refractivity (Wildman–Crippen MR) is 116 cm³/mol. The Labute approximate surface area is 186 Å². The molecule has 0 amide bonds. The highest BCUT2D eigenvalue weighted by molar-refractivity contribution is 7.91. The molecule has 4 aromatic rings. The van der Waals surface area contributed by atoms with Crippen LogP contribution in [0.25, 0.3) is 16.8 Å². The lowest BCUT2D eigenvalue weighted by Crippen LogP contribution is -2.18.